The molecule has 1 unspecified atom stereocenters. The van der Waals surface area contributed by atoms with Gasteiger partial charge in [0.2, 0.25) is 11.8 Å². The standard InChI is InChI=1S/C7H12N2O2S/c1-12-4-7(11)9-5-2-6(10)8-3-5/h5H,2-4H2,1H3,(H,8,10)(H,9,11). The summed E-state index contributed by atoms with van der Waals surface area (Å²) in [6.45, 7) is 0.568. The van der Waals surface area contributed by atoms with Gasteiger partial charge in [-0.25, -0.2) is 0 Å². The van der Waals surface area contributed by atoms with E-state index in [2.05, 4.69) is 10.6 Å². The molecule has 1 heterocycles. The molecule has 1 atom stereocenters. The highest BCUT2D eigenvalue weighted by Crippen LogP contribution is 1.99. The van der Waals surface area contributed by atoms with Gasteiger partial charge in [-0.15, -0.1) is 0 Å². The van der Waals surface area contributed by atoms with Crippen LogP contribution in [0.5, 0.6) is 0 Å². The Morgan fingerprint density at radius 1 is 1.83 bits per heavy atom. The van der Waals surface area contributed by atoms with Crippen molar-refractivity contribution in [1.29, 1.82) is 0 Å². The number of hydrogen-bond donors (Lipinski definition) is 2. The van der Waals surface area contributed by atoms with Crippen molar-refractivity contribution in [2.45, 2.75) is 12.5 Å². The van der Waals surface area contributed by atoms with Crippen molar-refractivity contribution in [3.63, 3.8) is 0 Å². The van der Waals surface area contributed by atoms with Gasteiger partial charge in [0.15, 0.2) is 0 Å². The molecule has 4 nitrogen and oxygen atoms in total. The van der Waals surface area contributed by atoms with Crippen molar-refractivity contribution in [3.8, 4) is 0 Å². The van der Waals surface area contributed by atoms with Gasteiger partial charge in [-0.1, -0.05) is 0 Å². The largest absolute Gasteiger partial charge is 0.354 e. The maximum atomic E-state index is 11.0. The van der Waals surface area contributed by atoms with Crippen molar-refractivity contribution in [2.24, 2.45) is 0 Å². The number of carbonyl (C=O) groups is 2. The van der Waals surface area contributed by atoms with E-state index in [1.807, 2.05) is 6.26 Å². The molecule has 68 valence electrons. The molecule has 0 saturated carbocycles. The molecule has 1 rings (SSSR count). The Kier molecular flexibility index (Phi) is 3.40. The smallest absolute Gasteiger partial charge is 0.230 e. The Balaban J connectivity index is 2.23. The van der Waals surface area contributed by atoms with Crippen LogP contribution >= 0.6 is 11.8 Å². The van der Waals surface area contributed by atoms with E-state index in [9.17, 15) is 9.59 Å². The first-order chi connectivity index (χ1) is 5.72. The molecule has 0 spiro atoms. The quantitative estimate of drug-likeness (QED) is 0.619. The zero-order chi connectivity index (χ0) is 8.97. The third kappa shape index (κ3) is 2.73. The van der Waals surface area contributed by atoms with E-state index >= 15 is 0 Å². The number of hydrogen-bond acceptors (Lipinski definition) is 3. The van der Waals surface area contributed by atoms with Crippen LogP contribution in [0.4, 0.5) is 0 Å². The van der Waals surface area contributed by atoms with E-state index < -0.39 is 0 Å². The molecule has 0 bridgehead atoms. The minimum absolute atomic E-state index is 0.00264. The van der Waals surface area contributed by atoms with Crippen molar-refractivity contribution in [2.75, 3.05) is 18.6 Å². The van der Waals surface area contributed by atoms with Crippen LogP contribution in [-0.4, -0.2) is 36.4 Å². The molecule has 0 aromatic heterocycles. The van der Waals surface area contributed by atoms with Gasteiger partial charge < -0.3 is 10.6 Å². The molecular formula is C7H12N2O2S. The van der Waals surface area contributed by atoms with Crippen LogP contribution in [0.15, 0.2) is 0 Å². The third-order valence-electron chi connectivity index (χ3n) is 1.62. The van der Waals surface area contributed by atoms with Gasteiger partial charge in [0.1, 0.15) is 0 Å². The molecule has 1 aliphatic heterocycles. The van der Waals surface area contributed by atoms with E-state index in [-0.39, 0.29) is 17.9 Å². The second kappa shape index (κ2) is 4.35. The van der Waals surface area contributed by atoms with E-state index in [4.69, 9.17) is 0 Å². The lowest BCUT2D eigenvalue weighted by atomic mass is 10.2. The van der Waals surface area contributed by atoms with Gasteiger partial charge in [-0.05, 0) is 6.26 Å². The Hall–Kier alpha value is -0.710. The van der Waals surface area contributed by atoms with Gasteiger partial charge in [0, 0.05) is 13.0 Å². The summed E-state index contributed by atoms with van der Waals surface area (Å²) >= 11 is 1.48. The van der Waals surface area contributed by atoms with Crippen LogP contribution in [0.1, 0.15) is 6.42 Å². The monoisotopic (exact) mass is 188 g/mol. The predicted octanol–water partition coefficient (Wildman–Crippen LogP) is -0.646. The number of nitrogens with one attached hydrogen (secondary N) is 2. The van der Waals surface area contributed by atoms with E-state index in [0.717, 1.165) is 0 Å². The highest BCUT2D eigenvalue weighted by atomic mass is 32.2. The number of amides is 2. The van der Waals surface area contributed by atoms with Crippen molar-refractivity contribution in [3.05, 3.63) is 0 Å². The summed E-state index contributed by atoms with van der Waals surface area (Å²) in [6.07, 6.45) is 2.29. The fraction of sp³-hybridized carbons (Fsp3) is 0.714. The topological polar surface area (TPSA) is 58.2 Å². The normalized spacial score (nSPS) is 22.1. The molecule has 1 saturated heterocycles. The van der Waals surface area contributed by atoms with Gasteiger partial charge in [-0.3, -0.25) is 9.59 Å². The molecule has 0 aromatic carbocycles. The average Bonchev–Trinajstić information content (AvgIpc) is 2.36. The predicted molar refractivity (Wildman–Crippen MR) is 47.9 cm³/mol. The maximum absolute atomic E-state index is 11.0. The zero-order valence-electron chi connectivity index (χ0n) is 6.92. The van der Waals surface area contributed by atoms with Crippen LogP contribution in [0.2, 0.25) is 0 Å². The number of carbonyl (C=O) groups excluding carboxylic acids is 2. The highest BCUT2D eigenvalue weighted by Gasteiger charge is 2.22. The number of thioether (sulfide) groups is 1. The Bertz CT molecular complexity index is 196. The van der Waals surface area contributed by atoms with Crippen molar-refractivity contribution < 1.29 is 9.59 Å². The summed E-state index contributed by atoms with van der Waals surface area (Å²) in [6, 6.07) is -0.00264. The molecular weight excluding hydrogens is 176 g/mol. The first-order valence-electron chi connectivity index (χ1n) is 3.77. The molecule has 2 N–H and O–H groups in total. The van der Waals surface area contributed by atoms with Gasteiger partial charge in [-0.2, -0.15) is 11.8 Å². The van der Waals surface area contributed by atoms with Crippen LogP contribution in [0.3, 0.4) is 0 Å². The zero-order valence-corrected chi connectivity index (χ0v) is 7.74. The fourth-order valence-corrected chi connectivity index (χ4v) is 1.45. The lowest BCUT2D eigenvalue weighted by molar-refractivity contribution is -0.119. The van der Waals surface area contributed by atoms with Gasteiger partial charge in [0.05, 0.1) is 11.8 Å². The van der Waals surface area contributed by atoms with E-state index in [1.165, 1.54) is 11.8 Å². The van der Waals surface area contributed by atoms with Gasteiger partial charge >= 0.3 is 0 Å². The molecule has 2 amide bonds. The summed E-state index contributed by atoms with van der Waals surface area (Å²) in [7, 11) is 0. The first-order valence-corrected chi connectivity index (χ1v) is 5.16. The lowest BCUT2D eigenvalue weighted by Gasteiger charge is -2.08. The Morgan fingerprint density at radius 3 is 3.08 bits per heavy atom. The maximum Gasteiger partial charge on any atom is 0.230 e. The Morgan fingerprint density at radius 2 is 2.58 bits per heavy atom. The molecule has 0 radical (unpaired) electrons. The summed E-state index contributed by atoms with van der Waals surface area (Å²) in [4.78, 5) is 21.8. The summed E-state index contributed by atoms with van der Waals surface area (Å²) < 4.78 is 0. The molecule has 12 heavy (non-hydrogen) atoms. The van der Waals surface area contributed by atoms with Crippen LogP contribution in [-0.2, 0) is 9.59 Å². The van der Waals surface area contributed by atoms with Crippen LogP contribution in [0, 0.1) is 0 Å². The molecule has 1 aliphatic rings. The second-order valence-corrected chi connectivity index (χ2v) is 3.57. The van der Waals surface area contributed by atoms with Crippen LogP contribution < -0.4 is 10.6 Å². The molecule has 0 aliphatic carbocycles. The summed E-state index contributed by atoms with van der Waals surface area (Å²) in [5.41, 5.74) is 0. The van der Waals surface area contributed by atoms with Crippen molar-refractivity contribution in [1.82, 2.24) is 10.6 Å². The molecule has 0 aromatic rings. The molecule has 5 heteroatoms. The van der Waals surface area contributed by atoms with Gasteiger partial charge in [0.25, 0.3) is 0 Å². The fourth-order valence-electron chi connectivity index (χ4n) is 1.11. The summed E-state index contributed by atoms with van der Waals surface area (Å²) in [5, 5.41) is 5.42. The third-order valence-corrected chi connectivity index (χ3v) is 2.17. The summed E-state index contributed by atoms with van der Waals surface area (Å²) in [5.74, 6) is 0.485. The van der Waals surface area contributed by atoms with Crippen LogP contribution in [0.25, 0.3) is 0 Å². The minimum Gasteiger partial charge on any atom is -0.354 e. The average molecular weight is 188 g/mol. The number of rotatable bonds is 3. The Labute approximate surface area is 75.5 Å². The minimum atomic E-state index is -0.00264. The van der Waals surface area contributed by atoms with Crippen molar-refractivity contribution >= 4 is 23.6 Å². The SMILES string of the molecule is CSCC(=O)NC1CNC(=O)C1. The highest BCUT2D eigenvalue weighted by molar-refractivity contribution is 7.99. The van der Waals surface area contributed by atoms with E-state index in [1.54, 1.807) is 0 Å². The molecule has 1 fully saturated rings. The second-order valence-electron chi connectivity index (χ2n) is 2.71. The van der Waals surface area contributed by atoms with E-state index in [0.29, 0.717) is 18.7 Å². The first kappa shape index (κ1) is 9.38. The lowest BCUT2D eigenvalue weighted by Crippen LogP contribution is -2.37.